The van der Waals surface area contributed by atoms with Gasteiger partial charge in [-0.15, -0.1) is 0 Å². The molecule has 0 saturated heterocycles. The van der Waals surface area contributed by atoms with Gasteiger partial charge in [0.05, 0.1) is 5.92 Å². The zero-order chi connectivity index (χ0) is 10.7. The van der Waals surface area contributed by atoms with E-state index in [0.717, 1.165) is 5.56 Å². The van der Waals surface area contributed by atoms with Crippen LogP contribution >= 0.6 is 11.6 Å². The topological polar surface area (TPSA) is 63.3 Å². The van der Waals surface area contributed by atoms with Crippen LogP contribution in [0.5, 0.6) is 0 Å². The van der Waals surface area contributed by atoms with Gasteiger partial charge in [-0.3, -0.25) is 4.79 Å². The number of benzene rings is 1. The van der Waals surface area contributed by atoms with Crippen LogP contribution in [0, 0.1) is 5.92 Å². The number of hydrogen-bond donors (Lipinski definition) is 2. The second kappa shape index (κ2) is 4.44. The van der Waals surface area contributed by atoms with Crippen LogP contribution in [0.15, 0.2) is 24.3 Å². The Morgan fingerprint density at radius 1 is 1.43 bits per heavy atom. The summed E-state index contributed by atoms with van der Waals surface area (Å²) in [5.74, 6) is -1.50. The minimum Gasteiger partial charge on any atom is -0.481 e. The summed E-state index contributed by atoms with van der Waals surface area (Å²) in [5, 5.41) is 9.38. The Hall–Kier alpha value is -1.06. The highest BCUT2D eigenvalue weighted by Gasteiger charge is 2.20. The zero-order valence-corrected chi connectivity index (χ0v) is 8.53. The molecule has 2 atom stereocenters. The van der Waals surface area contributed by atoms with Gasteiger partial charge < -0.3 is 10.8 Å². The van der Waals surface area contributed by atoms with E-state index < -0.39 is 17.9 Å². The summed E-state index contributed by atoms with van der Waals surface area (Å²) in [6, 6.07) is 6.39. The molecule has 0 saturated carbocycles. The Morgan fingerprint density at radius 3 is 2.36 bits per heavy atom. The van der Waals surface area contributed by atoms with Crippen LogP contribution in [0.4, 0.5) is 0 Å². The fraction of sp³-hybridized carbons (Fsp3) is 0.300. The third kappa shape index (κ3) is 2.47. The van der Waals surface area contributed by atoms with Crippen molar-refractivity contribution in [3.63, 3.8) is 0 Å². The molecule has 0 fully saturated rings. The van der Waals surface area contributed by atoms with Crippen molar-refractivity contribution >= 4 is 17.6 Å². The van der Waals surface area contributed by atoms with Gasteiger partial charge in [0.15, 0.2) is 0 Å². The van der Waals surface area contributed by atoms with Crippen LogP contribution in [0.2, 0.25) is 5.02 Å². The highest BCUT2D eigenvalue weighted by atomic mass is 35.5. The normalized spacial score (nSPS) is 14.8. The molecule has 0 amide bonds. The number of hydrogen-bond acceptors (Lipinski definition) is 2. The molecule has 0 bridgehead atoms. The first-order chi connectivity index (χ1) is 6.52. The second-order valence-corrected chi connectivity index (χ2v) is 3.64. The summed E-state index contributed by atoms with van der Waals surface area (Å²) in [7, 11) is 0. The summed E-state index contributed by atoms with van der Waals surface area (Å²) in [4.78, 5) is 10.7. The van der Waals surface area contributed by atoms with Crippen LogP contribution in [0.3, 0.4) is 0 Å². The highest BCUT2D eigenvalue weighted by Crippen LogP contribution is 2.21. The van der Waals surface area contributed by atoms with Crippen molar-refractivity contribution in [1.29, 1.82) is 0 Å². The van der Waals surface area contributed by atoms with E-state index >= 15 is 0 Å². The molecule has 0 aromatic heterocycles. The predicted molar refractivity (Wildman–Crippen MR) is 55.2 cm³/mol. The SMILES string of the molecule is C[C@H](C(=O)O)C(N)c1ccc(Cl)cc1. The number of nitrogens with two attached hydrogens (primary N) is 1. The minimum absolute atomic E-state index is 0.496. The Balaban J connectivity index is 2.84. The van der Waals surface area contributed by atoms with E-state index in [4.69, 9.17) is 22.4 Å². The van der Waals surface area contributed by atoms with Gasteiger partial charge in [-0.05, 0) is 17.7 Å². The van der Waals surface area contributed by atoms with Crippen LogP contribution in [0.1, 0.15) is 18.5 Å². The number of aliphatic carboxylic acids is 1. The van der Waals surface area contributed by atoms with Crippen molar-refractivity contribution in [2.45, 2.75) is 13.0 Å². The summed E-state index contributed by atoms with van der Waals surface area (Å²) < 4.78 is 0. The molecule has 14 heavy (non-hydrogen) atoms. The molecule has 0 aliphatic heterocycles. The molecule has 1 aromatic carbocycles. The Kier molecular flexibility index (Phi) is 3.49. The van der Waals surface area contributed by atoms with E-state index in [1.807, 2.05) is 0 Å². The van der Waals surface area contributed by atoms with Crippen molar-refractivity contribution < 1.29 is 9.90 Å². The van der Waals surface area contributed by atoms with Crippen molar-refractivity contribution in [1.82, 2.24) is 0 Å². The Labute approximate surface area is 87.5 Å². The van der Waals surface area contributed by atoms with Crippen LogP contribution < -0.4 is 5.73 Å². The lowest BCUT2D eigenvalue weighted by atomic mass is 9.96. The fourth-order valence-electron chi connectivity index (χ4n) is 1.13. The van der Waals surface area contributed by atoms with E-state index in [1.54, 1.807) is 31.2 Å². The maximum atomic E-state index is 10.7. The maximum Gasteiger partial charge on any atom is 0.308 e. The number of halogens is 1. The van der Waals surface area contributed by atoms with Crippen molar-refractivity contribution in [3.8, 4) is 0 Å². The molecule has 3 N–H and O–H groups in total. The molecular formula is C10H12ClNO2. The molecule has 3 nitrogen and oxygen atoms in total. The number of carboxylic acid groups (broad SMARTS) is 1. The molecule has 1 unspecified atom stereocenters. The second-order valence-electron chi connectivity index (χ2n) is 3.20. The van der Waals surface area contributed by atoms with Gasteiger partial charge in [0, 0.05) is 11.1 Å². The Bertz CT molecular complexity index is 323. The number of rotatable bonds is 3. The monoisotopic (exact) mass is 213 g/mol. The highest BCUT2D eigenvalue weighted by molar-refractivity contribution is 6.30. The average molecular weight is 214 g/mol. The molecule has 0 radical (unpaired) electrons. The van der Waals surface area contributed by atoms with Crippen LogP contribution in [0.25, 0.3) is 0 Å². The van der Waals surface area contributed by atoms with Gasteiger partial charge >= 0.3 is 5.97 Å². The quantitative estimate of drug-likeness (QED) is 0.808. The third-order valence-corrected chi connectivity index (χ3v) is 2.44. The third-order valence-electron chi connectivity index (χ3n) is 2.18. The molecule has 0 aliphatic carbocycles. The van der Waals surface area contributed by atoms with E-state index in [9.17, 15) is 4.79 Å². The van der Waals surface area contributed by atoms with Crippen LogP contribution in [-0.4, -0.2) is 11.1 Å². The van der Waals surface area contributed by atoms with E-state index in [1.165, 1.54) is 0 Å². The van der Waals surface area contributed by atoms with Gasteiger partial charge in [0.1, 0.15) is 0 Å². The number of carboxylic acids is 1. The van der Waals surface area contributed by atoms with E-state index in [-0.39, 0.29) is 0 Å². The van der Waals surface area contributed by atoms with Crippen molar-refractivity contribution in [3.05, 3.63) is 34.9 Å². The maximum absolute atomic E-state index is 10.7. The molecule has 1 rings (SSSR count). The summed E-state index contributed by atoms with van der Waals surface area (Å²) >= 11 is 5.70. The van der Waals surface area contributed by atoms with Crippen LogP contribution in [-0.2, 0) is 4.79 Å². The van der Waals surface area contributed by atoms with Gasteiger partial charge in [0.2, 0.25) is 0 Å². The lowest BCUT2D eigenvalue weighted by molar-refractivity contribution is -0.141. The molecule has 4 heteroatoms. The van der Waals surface area contributed by atoms with Crippen molar-refractivity contribution in [2.75, 3.05) is 0 Å². The van der Waals surface area contributed by atoms with Gasteiger partial charge in [-0.1, -0.05) is 30.7 Å². The summed E-state index contributed by atoms with van der Waals surface area (Å²) in [6.45, 7) is 1.58. The van der Waals surface area contributed by atoms with Gasteiger partial charge in [-0.25, -0.2) is 0 Å². The summed E-state index contributed by atoms with van der Waals surface area (Å²) in [5.41, 5.74) is 6.55. The Morgan fingerprint density at radius 2 is 1.93 bits per heavy atom. The number of carbonyl (C=O) groups is 1. The minimum atomic E-state index is -0.896. The molecular weight excluding hydrogens is 202 g/mol. The lowest BCUT2D eigenvalue weighted by Crippen LogP contribution is -2.25. The van der Waals surface area contributed by atoms with Crippen molar-refractivity contribution in [2.24, 2.45) is 11.7 Å². The molecule has 0 heterocycles. The molecule has 0 aliphatic rings. The largest absolute Gasteiger partial charge is 0.481 e. The predicted octanol–water partition coefficient (Wildman–Crippen LogP) is 2.06. The van der Waals surface area contributed by atoms with Gasteiger partial charge in [-0.2, -0.15) is 0 Å². The lowest BCUT2D eigenvalue weighted by Gasteiger charge is -2.16. The standard InChI is InChI=1S/C10H12ClNO2/c1-6(10(13)14)9(12)7-2-4-8(11)5-3-7/h2-6,9H,12H2,1H3,(H,13,14)/t6-,9?/m0/s1. The average Bonchev–Trinajstić information content (AvgIpc) is 2.16. The summed E-state index contributed by atoms with van der Waals surface area (Å²) in [6.07, 6.45) is 0. The van der Waals surface area contributed by atoms with Gasteiger partial charge in [0.25, 0.3) is 0 Å². The molecule has 1 aromatic rings. The first-order valence-corrected chi connectivity index (χ1v) is 4.64. The van der Waals surface area contributed by atoms with E-state index in [0.29, 0.717) is 5.02 Å². The molecule has 76 valence electrons. The fourth-order valence-corrected chi connectivity index (χ4v) is 1.25. The first kappa shape index (κ1) is 11.0. The smallest absolute Gasteiger partial charge is 0.308 e. The van der Waals surface area contributed by atoms with E-state index in [2.05, 4.69) is 0 Å². The zero-order valence-electron chi connectivity index (χ0n) is 7.77. The molecule has 0 spiro atoms. The first-order valence-electron chi connectivity index (χ1n) is 4.26.